The second-order valence-electron chi connectivity index (χ2n) is 7.83. The molecule has 1 aromatic rings. The van der Waals surface area contributed by atoms with Crippen LogP contribution in [0.4, 0.5) is 5.82 Å². The van der Waals surface area contributed by atoms with Crippen LogP contribution in [0, 0.1) is 5.92 Å². The largest absolute Gasteiger partial charge is 0.384 e. The van der Waals surface area contributed by atoms with Crippen LogP contribution in [-0.2, 0) is 9.53 Å². The zero-order chi connectivity index (χ0) is 19.4. The summed E-state index contributed by atoms with van der Waals surface area (Å²) < 4.78 is 6.17. The number of likely N-dealkylation sites (tertiary alicyclic amines) is 1. The van der Waals surface area contributed by atoms with Gasteiger partial charge in [0.15, 0.2) is 0 Å². The maximum atomic E-state index is 12.8. The zero-order valence-corrected chi connectivity index (χ0v) is 16.3. The van der Waals surface area contributed by atoms with E-state index in [1.807, 2.05) is 9.80 Å². The highest BCUT2D eigenvalue weighted by Gasteiger charge is 2.41. The minimum absolute atomic E-state index is 0.0457. The second kappa shape index (κ2) is 8.25. The first-order valence-corrected chi connectivity index (χ1v) is 9.85. The Morgan fingerprint density at radius 1 is 1.33 bits per heavy atom. The van der Waals surface area contributed by atoms with Crippen molar-refractivity contribution < 1.29 is 14.3 Å². The summed E-state index contributed by atoms with van der Waals surface area (Å²) in [4.78, 5) is 33.2. The fourth-order valence-electron chi connectivity index (χ4n) is 3.79. The third kappa shape index (κ3) is 4.58. The number of nitrogens with zero attached hydrogens (tertiary/aromatic N) is 3. The van der Waals surface area contributed by atoms with Gasteiger partial charge in [-0.05, 0) is 30.9 Å². The molecule has 7 heteroatoms. The first-order valence-electron chi connectivity index (χ1n) is 9.85. The van der Waals surface area contributed by atoms with Crippen LogP contribution in [0.2, 0.25) is 0 Å². The number of anilines is 1. The number of rotatable bonds is 4. The predicted octanol–water partition coefficient (Wildman–Crippen LogP) is 1.93. The van der Waals surface area contributed by atoms with E-state index in [2.05, 4.69) is 18.8 Å². The van der Waals surface area contributed by atoms with Crippen molar-refractivity contribution in [3.05, 3.63) is 23.9 Å². The Bertz CT molecular complexity index is 668. The lowest BCUT2D eigenvalue weighted by atomic mass is 9.87. The van der Waals surface area contributed by atoms with Crippen LogP contribution in [0.5, 0.6) is 0 Å². The highest BCUT2D eigenvalue weighted by atomic mass is 16.5. The Labute approximate surface area is 160 Å². The third-order valence-electron chi connectivity index (χ3n) is 5.82. The molecule has 0 bridgehead atoms. The van der Waals surface area contributed by atoms with Gasteiger partial charge in [0.2, 0.25) is 5.91 Å². The number of amides is 2. The molecule has 2 fully saturated rings. The van der Waals surface area contributed by atoms with Gasteiger partial charge in [-0.3, -0.25) is 9.59 Å². The topological polar surface area (TPSA) is 88.8 Å². The van der Waals surface area contributed by atoms with E-state index in [0.29, 0.717) is 62.8 Å². The van der Waals surface area contributed by atoms with Gasteiger partial charge in [0.25, 0.3) is 5.91 Å². The molecule has 1 spiro atoms. The van der Waals surface area contributed by atoms with Crippen LogP contribution in [0.15, 0.2) is 18.3 Å². The molecule has 0 saturated carbocycles. The number of hydrogen-bond donors (Lipinski definition) is 1. The molecule has 0 aromatic carbocycles. The van der Waals surface area contributed by atoms with E-state index in [0.717, 1.165) is 13.0 Å². The van der Waals surface area contributed by atoms with Crippen molar-refractivity contribution in [1.29, 1.82) is 0 Å². The molecule has 2 aliphatic heterocycles. The van der Waals surface area contributed by atoms with Gasteiger partial charge >= 0.3 is 0 Å². The summed E-state index contributed by atoms with van der Waals surface area (Å²) >= 11 is 0. The summed E-state index contributed by atoms with van der Waals surface area (Å²) in [7, 11) is 0. The number of carbonyl (C=O) groups is 2. The molecule has 3 rings (SSSR count). The highest BCUT2D eigenvalue weighted by Crippen LogP contribution is 2.33. The fraction of sp³-hybridized carbons (Fsp3) is 0.650. The number of carbonyl (C=O) groups excluding carboxylic acids is 2. The SMILES string of the molecule is CCC(C)CN1CCOC2(CCN(C(=O)c3ccc(N)nc3)CC2)CC1=O. The smallest absolute Gasteiger partial charge is 0.255 e. The van der Waals surface area contributed by atoms with Crippen LogP contribution in [0.3, 0.4) is 0 Å². The van der Waals surface area contributed by atoms with Crippen molar-refractivity contribution in [1.82, 2.24) is 14.8 Å². The average Bonchev–Trinajstić information content (AvgIpc) is 2.81. The van der Waals surface area contributed by atoms with E-state index in [1.54, 1.807) is 12.1 Å². The second-order valence-corrected chi connectivity index (χ2v) is 7.83. The van der Waals surface area contributed by atoms with Crippen LogP contribution < -0.4 is 5.73 Å². The lowest BCUT2D eigenvalue weighted by Crippen LogP contribution is -2.49. The highest BCUT2D eigenvalue weighted by molar-refractivity contribution is 5.94. The molecule has 2 amide bonds. The Hall–Kier alpha value is -2.15. The average molecular weight is 374 g/mol. The van der Waals surface area contributed by atoms with Gasteiger partial charge in [-0.15, -0.1) is 0 Å². The molecule has 148 valence electrons. The molecule has 0 aliphatic carbocycles. The molecule has 27 heavy (non-hydrogen) atoms. The molecule has 1 unspecified atom stereocenters. The van der Waals surface area contributed by atoms with Gasteiger partial charge < -0.3 is 20.3 Å². The van der Waals surface area contributed by atoms with Gasteiger partial charge in [-0.2, -0.15) is 0 Å². The Balaban J connectivity index is 1.59. The van der Waals surface area contributed by atoms with Crippen molar-refractivity contribution in [2.45, 2.75) is 45.1 Å². The first kappa shape index (κ1) is 19.6. The van der Waals surface area contributed by atoms with Crippen molar-refractivity contribution in [2.75, 3.05) is 38.5 Å². The summed E-state index contributed by atoms with van der Waals surface area (Å²) in [6.07, 6.45) is 4.36. The standard InChI is InChI=1S/C20H30N4O3/c1-3-15(2)14-24-10-11-27-20(12-18(24)25)6-8-23(9-7-20)19(26)16-4-5-17(21)22-13-16/h4-5,13,15H,3,6-12,14H2,1-2H3,(H2,21,22). The van der Waals surface area contributed by atoms with Gasteiger partial charge in [0.1, 0.15) is 5.82 Å². The van der Waals surface area contributed by atoms with Crippen molar-refractivity contribution in [3.63, 3.8) is 0 Å². The van der Waals surface area contributed by atoms with Crippen molar-refractivity contribution in [2.24, 2.45) is 5.92 Å². The molecular weight excluding hydrogens is 344 g/mol. The molecular formula is C20H30N4O3. The van der Waals surface area contributed by atoms with Gasteiger partial charge in [0.05, 0.1) is 24.2 Å². The molecule has 1 aromatic heterocycles. The van der Waals surface area contributed by atoms with E-state index in [9.17, 15) is 9.59 Å². The molecule has 0 radical (unpaired) electrons. The molecule has 2 aliphatic rings. The summed E-state index contributed by atoms with van der Waals surface area (Å²) in [5, 5.41) is 0. The van der Waals surface area contributed by atoms with Crippen LogP contribution in [-0.4, -0.2) is 65.0 Å². The molecule has 1 atom stereocenters. The normalized spacial score (nSPS) is 21.2. The van der Waals surface area contributed by atoms with E-state index in [-0.39, 0.29) is 11.8 Å². The Morgan fingerprint density at radius 3 is 2.70 bits per heavy atom. The Morgan fingerprint density at radius 2 is 2.07 bits per heavy atom. The van der Waals surface area contributed by atoms with E-state index in [1.165, 1.54) is 6.20 Å². The van der Waals surface area contributed by atoms with E-state index < -0.39 is 5.60 Å². The van der Waals surface area contributed by atoms with E-state index in [4.69, 9.17) is 10.5 Å². The number of nitrogens with two attached hydrogens (primary N) is 1. The summed E-state index contributed by atoms with van der Waals surface area (Å²) in [6, 6.07) is 3.34. The maximum Gasteiger partial charge on any atom is 0.255 e. The van der Waals surface area contributed by atoms with Crippen LogP contribution in [0.1, 0.15) is 49.9 Å². The lowest BCUT2D eigenvalue weighted by Gasteiger charge is -2.40. The first-order chi connectivity index (χ1) is 12.9. The third-order valence-corrected chi connectivity index (χ3v) is 5.82. The molecule has 2 saturated heterocycles. The fourth-order valence-corrected chi connectivity index (χ4v) is 3.79. The molecule has 7 nitrogen and oxygen atoms in total. The van der Waals surface area contributed by atoms with Gasteiger partial charge in [-0.25, -0.2) is 4.98 Å². The number of nitrogen functional groups attached to an aromatic ring is 1. The minimum Gasteiger partial charge on any atom is -0.384 e. The van der Waals surface area contributed by atoms with Gasteiger partial charge in [-0.1, -0.05) is 20.3 Å². The van der Waals surface area contributed by atoms with Gasteiger partial charge in [0, 0.05) is 32.4 Å². The minimum atomic E-state index is -0.433. The summed E-state index contributed by atoms with van der Waals surface area (Å²) in [6.45, 7) is 7.51. The molecule has 2 N–H and O–H groups in total. The maximum absolute atomic E-state index is 12.8. The summed E-state index contributed by atoms with van der Waals surface area (Å²) in [5.41, 5.74) is 5.69. The lowest BCUT2D eigenvalue weighted by molar-refractivity contribution is -0.135. The predicted molar refractivity (Wildman–Crippen MR) is 103 cm³/mol. The number of ether oxygens (including phenoxy) is 1. The molecule has 3 heterocycles. The van der Waals surface area contributed by atoms with Crippen molar-refractivity contribution in [3.8, 4) is 0 Å². The zero-order valence-electron chi connectivity index (χ0n) is 16.3. The Kier molecular flexibility index (Phi) is 5.99. The number of piperidine rings is 1. The van der Waals surface area contributed by atoms with Crippen molar-refractivity contribution >= 4 is 17.6 Å². The number of aromatic nitrogens is 1. The quantitative estimate of drug-likeness (QED) is 0.870. The van der Waals surface area contributed by atoms with E-state index >= 15 is 0 Å². The van der Waals surface area contributed by atoms with Crippen LogP contribution in [0.25, 0.3) is 0 Å². The number of pyridine rings is 1. The monoisotopic (exact) mass is 374 g/mol. The number of hydrogen-bond acceptors (Lipinski definition) is 5. The summed E-state index contributed by atoms with van der Waals surface area (Å²) in [5.74, 6) is 1.03. The van der Waals surface area contributed by atoms with Crippen LogP contribution >= 0.6 is 0 Å².